The summed E-state index contributed by atoms with van der Waals surface area (Å²) in [6, 6.07) is 15.5. The Kier molecular flexibility index (Phi) is 4.54. The van der Waals surface area contributed by atoms with E-state index in [0.717, 1.165) is 0 Å². The molecule has 19 heavy (non-hydrogen) atoms. The summed E-state index contributed by atoms with van der Waals surface area (Å²) in [7, 11) is 0. The van der Waals surface area contributed by atoms with Crippen molar-refractivity contribution in [3.63, 3.8) is 0 Å². The molecule has 2 rings (SSSR count). The Bertz CT molecular complexity index is 543. The smallest absolute Gasteiger partial charge is 0.0486 e. The monoisotopic (exact) mass is 271 g/mol. The average molecular weight is 271 g/mol. The second-order valence-corrected chi connectivity index (χ2v) is 5.84. The van der Waals surface area contributed by atoms with Gasteiger partial charge in [0.1, 0.15) is 0 Å². The van der Waals surface area contributed by atoms with E-state index in [1.165, 1.54) is 27.3 Å². The van der Waals surface area contributed by atoms with E-state index in [1.54, 1.807) is 11.8 Å². The van der Waals surface area contributed by atoms with E-state index in [1.807, 2.05) is 0 Å². The van der Waals surface area contributed by atoms with Crippen molar-refractivity contribution in [2.45, 2.75) is 31.7 Å². The highest BCUT2D eigenvalue weighted by atomic mass is 32.2. The van der Waals surface area contributed by atoms with Crippen molar-refractivity contribution in [2.24, 2.45) is 0 Å². The van der Waals surface area contributed by atoms with Crippen LogP contribution in [0.25, 0.3) is 0 Å². The first-order chi connectivity index (χ1) is 9.10. The molecule has 1 nitrogen and oxygen atoms in total. The minimum absolute atomic E-state index is 0.312. The molecule has 0 radical (unpaired) electrons. The van der Waals surface area contributed by atoms with Crippen LogP contribution >= 0.6 is 11.8 Å². The van der Waals surface area contributed by atoms with Gasteiger partial charge in [-0.25, -0.2) is 0 Å². The number of anilines is 1. The zero-order valence-corrected chi connectivity index (χ0v) is 12.8. The van der Waals surface area contributed by atoms with E-state index in [0.29, 0.717) is 6.04 Å². The summed E-state index contributed by atoms with van der Waals surface area (Å²) < 4.78 is 0. The summed E-state index contributed by atoms with van der Waals surface area (Å²) in [4.78, 5) is 1.29. The SMILES string of the molecule is CSc1ccccc1NC(C)c1cc(C)cc(C)c1. The van der Waals surface area contributed by atoms with E-state index in [-0.39, 0.29) is 0 Å². The molecule has 0 aliphatic rings. The van der Waals surface area contributed by atoms with Crippen molar-refractivity contribution in [1.29, 1.82) is 0 Å². The fraction of sp³-hybridized carbons (Fsp3) is 0.294. The largest absolute Gasteiger partial charge is 0.378 e. The van der Waals surface area contributed by atoms with Gasteiger partial charge in [-0.15, -0.1) is 11.8 Å². The van der Waals surface area contributed by atoms with Gasteiger partial charge in [-0.05, 0) is 44.7 Å². The van der Waals surface area contributed by atoms with Crippen LogP contribution in [0.2, 0.25) is 0 Å². The number of hydrogen-bond acceptors (Lipinski definition) is 2. The van der Waals surface area contributed by atoms with E-state index >= 15 is 0 Å². The fourth-order valence-corrected chi connectivity index (χ4v) is 2.90. The van der Waals surface area contributed by atoms with Crippen LogP contribution in [-0.4, -0.2) is 6.26 Å². The lowest BCUT2D eigenvalue weighted by Crippen LogP contribution is -2.07. The lowest BCUT2D eigenvalue weighted by molar-refractivity contribution is 0.875. The molecular formula is C17H21NS. The molecule has 0 saturated heterocycles. The molecule has 0 bridgehead atoms. The van der Waals surface area contributed by atoms with Crippen LogP contribution in [0.3, 0.4) is 0 Å². The summed E-state index contributed by atoms with van der Waals surface area (Å²) in [5.74, 6) is 0. The lowest BCUT2D eigenvalue weighted by Gasteiger charge is -2.19. The van der Waals surface area contributed by atoms with Gasteiger partial charge in [-0.1, -0.05) is 41.5 Å². The van der Waals surface area contributed by atoms with Gasteiger partial charge in [0.2, 0.25) is 0 Å². The molecule has 1 atom stereocenters. The third kappa shape index (κ3) is 3.54. The highest BCUT2D eigenvalue weighted by molar-refractivity contribution is 7.98. The Morgan fingerprint density at radius 2 is 1.63 bits per heavy atom. The second-order valence-electron chi connectivity index (χ2n) is 4.99. The quantitative estimate of drug-likeness (QED) is 0.767. The Morgan fingerprint density at radius 3 is 2.26 bits per heavy atom. The summed E-state index contributed by atoms with van der Waals surface area (Å²) >= 11 is 1.78. The molecule has 0 amide bonds. The molecule has 0 aliphatic heterocycles. The molecule has 0 heterocycles. The molecule has 0 spiro atoms. The number of benzene rings is 2. The van der Waals surface area contributed by atoms with Gasteiger partial charge < -0.3 is 5.32 Å². The van der Waals surface area contributed by atoms with Crippen LogP contribution < -0.4 is 5.32 Å². The van der Waals surface area contributed by atoms with Crippen LogP contribution in [0.4, 0.5) is 5.69 Å². The molecule has 0 fully saturated rings. The standard InChI is InChI=1S/C17H21NS/c1-12-9-13(2)11-15(10-12)14(3)18-16-7-5-6-8-17(16)19-4/h5-11,14,18H,1-4H3. The Labute approximate surface area is 120 Å². The molecule has 0 aliphatic carbocycles. The fourth-order valence-electron chi connectivity index (χ4n) is 2.34. The van der Waals surface area contributed by atoms with Gasteiger partial charge in [-0.2, -0.15) is 0 Å². The normalized spacial score (nSPS) is 12.2. The minimum atomic E-state index is 0.312. The predicted molar refractivity (Wildman–Crippen MR) is 86.2 cm³/mol. The van der Waals surface area contributed by atoms with Crippen molar-refractivity contribution in [3.05, 3.63) is 59.2 Å². The van der Waals surface area contributed by atoms with Gasteiger partial charge in [0.05, 0.1) is 0 Å². The minimum Gasteiger partial charge on any atom is -0.378 e. The van der Waals surface area contributed by atoms with Crippen molar-refractivity contribution < 1.29 is 0 Å². The molecule has 100 valence electrons. The first-order valence-electron chi connectivity index (χ1n) is 6.58. The highest BCUT2D eigenvalue weighted by Gasteiger charge is 2.08. The van der Waals surface area contributed by atoms with Crippen LogP contribution in [0, 0.1) is 13.8 Å². The number of nitrogens with one attached hydrogen (secondary N) is 1. The molecule has 2 heteroatoms. The van der Waals surface area contributed by atoms with Crippen molar-refractivity contribution >= 4 is 17.4 Å². The Balaban J connectivity index is 2.22. The van der Waals surface area contributed by atoms with Crippen molar-refractivity contribution in [3.8, 4) is 0 Å². The maximum Gasteiger partial charge on any atom is 0.0486 e. The summed E-state index contributed by atoms with van der Waals surface area (Å²) in [5, 5.41) is 3.61. The molecular weight excluding hydrogens is 250 g/mol. The zero-order chi connectivity index (χ0) is 13.8. The van der Waals surface area contributed by atoms with Gasteiger partial charge in [-0.3, -0.25) is 0 Å². The predicted octanol–water partition coefficient (Wildman–Crippen LogP) is 5.20. The summed E-state index contributed by atoms with van der Waals surface area (Å²) in [6.07, 6.45) is 2.11. The third-order valence-corrected chi connectivity index (χ3v) is 4.02. The van der Waals surface area contributed by atoms with E-state index in [2.05, 4.69) is 74.8 Å². The van der Waals surface area contributed by atoms with Gasteiger partial charge in [0, 0.05) is 16.6 Å². The zero-order valence-electron chi connectivity index (χ0n) is 12.0. The average Bonchev–Trinajstić information content (AvgIpc) is 2.38. The summed E-state index contributed by atoms with van der Waals surface area (Å²) in [5.41, 5.74) is 5.19. The maximum absolute atomic E-state index is 3.61. The van der Waals surface area contributed by atoms with Crippen molar-refractivity contribution in [1.82, 2.24) is 0 Å². The lowest BCUT2D eigenvalue weighted by atomic mass is 10.0. The number of thioether (sulfide) groups is 1. The van der Waals surface area contributed by atoms with Crippen molar-refractivity contribution in [2.75, 3.05) is 11.6 Å². The molecule has 0 aromatic heterocycles. The number of rotatable bonds is 4. The van der Waals surface area contributed by atoms with Gasteiger partial charge >= 0.3 is 0 Å². The number of hydrogen-bond donors (Lipinski definition) is 1. The van der Waals surface area contributed by atoms with Crippen LogP contribution in [0.15, 0.2) is 47.4 Å². The summed E-state index contributed by atoms with van der Waals surface area (Å²) in [6.45, 7) is 6.52. The molecule has 2 aromatic rings. The molecule has 2 aromatic carbocycles. The van der Waals surface area contributed by atoms with E-state index < -0.39 is 0 Å². The first kappa shape index (κ1) is 14.0. The number of aryl methyl sites for hydroxylation is 2. The second kappa shape index (κ2) is 6.16. The molecule has 0 saturated carbocycles. The van der Waals surface area contributed by atoms with E-state index in [9.17, 15) is 0 Å². The first-order valence-corrected chi connectivity index (χ1v) is 7.80. The Morgan fingerprint density at radius 1 is 1.00 bits per heavy atom. The molecule has 1 N–H and O–H groups in total. The van der Waals surface area contributed by atoms with Crippen LogP contribution in [-0.2, 0) is 0 Å². The molecule has 1 unspecified atom stereocenters. The van der Waals surface area contributed by atoms with Gasteiger partial charge in [0.25, 0.3) is 0 Å². The topological polar surface area (TPSA) is 12.0 Å². The maximum atomic E-state index is 3.61. The van der Waals surface area contributed by atoms with E-state index in [4.69, 9.17) is 0 Å². The Hall–Kier alpha value is -1.41. The third-order valence-electron chi connectivity index (χ3n) is 3.22. The van der Waals surface area contributed by atoms with Crippen LogP contribution in [0.5, 0.6) is 0 Å². The highest BCUT2D eigenvalue weighted by Crippen LogP contribution is 2.28. The van der Waals surface area contributed by atoms with Crippen LogP contribution in [0.1, 0.15) is 29.7 Å². The number of para-hydroxylation sites is 1. The van der Waals surface area contributed by atoms with Gasteiger partial charge in [0.15, 0.2) is 0 Å².